The quantitative estimate of drug-likeness (QED) is 0.869. The number of anilines is 2. The average molecular weight is 312 g/mol. The van der Waals surface area contributed by atoms with Gasteiger partial charge in [0.1, 0.15) is 5.82 Å². The molecule has 0 aromatic carbocycles. The second-order valence-corrected chi connectivity index (χ2v) is 6.40. The van der Waals surface area contributed by atoms with Crippen LogP contribution in [0.15, 0.2) is 10.7 Å². The number of pyridine rings is 1. The molecule has 1 aromatic rings. The second kappa shape index (κ2) is 5.47. The van der Waals surface area contributed by atoms with Crippen molar-refractivity contribution in [1.82, 2.24) is 4.98 Å². The summed E-state index contributed by atoms with van der Waals surface area (Å²) in [5.74, 6) is 2.55. The Balaban J connectivity index is 2.08. The number of rotatable bonds is 2. The zero-order chi connectivity index (χ0) is 13.3. The standard InChI is InChI=1S/C14H22BrN3/c1-8-4-5-11(6-9(8)2)18-14-13(15)10(3)12(16)7-17-14/h7-9,11H,4-6,16H2,1-3H3,(H,17,18). The lowest BCUT2D eigenvalue weighted by atomic mass is 9.79. The molecule has 0 amide bonds. The first kappa shape index (κ1) is 13.7. The molecule has 4 heteroatoms. The van der Waals surface area contributed by atoms with Gasteiger partial charge in [0.2, 0.25) is 0 Å². The summed E-state index contributed by atoms with van der Waals surface area (Å²) >= 11 is 3.58. The second-order valence-electron chi connectivity index (χ2n) is 5.61. The van der Waals surface area contributed by atoms with Crippen molar-refractivity contribution < 1.29 is 0 Å². The average Bonchev–Trinajstić information content (AvgIpc) is 2.34. The molecule has 2 rings (SSSR count). The van der Waals surface area contributed by atoms with Crippen LogP contribution in [0.3, 0.4) is 0 Å². The van der Waals surface area contributed by atoms with Crippen LogP contribution in [0.4, 0.5) is 11.5 Å². The molecule has 1 fully saturated rings. The first-order valence-corrected chi connectivity index (χ1v) is 7.45. The van der Waals surface area contributed by atoms with E-state index in [-0.39, 0.29) is 0 Å². The summed E-state index contributed by atoms with van der Waals surface area (Å²) in [5.41, 5.74) is 7.64. The van der Waals surface area contributed by atoms with Crippen molar-refractivity contribution in [3.63, 3.8) is 0 Å². The number of nitrogens with two attached hydrogens (primary N) is 1. The summed E-state index contributed by atoms with van der Waals surface area (Å²) in [6.45, 7) is 6.70. The SMILES string of the molecule is Cc1c(N)cnc(NC2CCC(C)C(C)C2)c1Br. The summed E-state index contributed by atoms with van der Waals surface area (Å²) in [4.78, 5) is 4.39. The third-order valence-corrected chi connectivity index (χ3v) is 5.21. The smallest absolute Gasteiger partial charge is 0.140 e. The van der Waals surface area contributed by atoms with Gasteiger partial charge in [-0.15, -0.1) is 0 Å². The van der Waals surface area contributed by atoms with E-state index in [1.165, 1.54) is 19.3 Å². The van der Waals surface area contributed by atoms with E-state index in [4.69, 9.17) is 5.73 Å². The van der Waals surface area contributed by atoms with Gasteiger partial charge >= 0.3 is 0 Å². The summed E-state index contributed by atoms with van der Waals surface area (Å²) in [5, 5.41) is 3.55. The van der Waals surface area contributed by atoms with Crippen LogP contribution in [0.25, 0.3) is 0 Å². The fourth-order valence-electron chi connectivity index (χ4n) is 2.56. The van der Waals surface area contributed by atoms with Gasteiger partial charge < -0.3 is 11.1 Å². The highest BCUT2D eigenvalue weighted by Gasteiger charge is 2.25. The fourth-order valence-corrected chi connectivity index (χ4v) is 3.01. The predicted octanol–water partition coefficient (Wildman–Crippen LogP) is 3.97. The lowest BCUT2D eigenvalue weighted by Crippen LogP contribution is -2.30. The molecule has 3 atom stereocenters. The molecule has 1 aliphatic carbocycles. The highest BCUT2D eigenvalue weighted by molar-refractivity contribution is 9.10. The van der Waals surface area contributed by atoms with Crippen molar-refractivity contribution in [2.75, 3.05) is 11.1 Å². The molecule has 0 saturated heterocycles. The maximum absolute atomic E-state index is 5.84. The van der Waals surface area contributed by atoms with Crippen LogP contribution in [-0.2, 0) is 0 Å². The molecule has 3 unspecified atom stereocenters. The van der Waals surface area contributed by atoms with Crippen molar-refractivity contribution in [3.05, 3.63) is 16.2 Å². The van der Waals surface area contributed by atoms with Crippen LogP contribution < -0.4 is 11.1 Å². The van der Waals surface area contributed by atoms with Crippen molar-refractivity contribution in [1.29, 1.82) is 0 Å². The van der Waals surface area contributed by atoms with E-state index in [9.17, 15) is 0 Å². The van der Waals surface area contributed by atoms with E-state index >= 15 is 0 Å². The monoisotopic (exact) mass is 311 g/mol. The molecule has 0 bridgehead atoms. The largest absolute Gasteiger partial charge is 0.397 e. The topological polar surface area (TPSA) is 50.9 Å². The van der Waals surface area contributed by atoms with Crippen LogP contribution in [0.2, 0.25) is 0 Å². The Kier molecular flexibility index (Phi) is 4.15. The molecular weight excluding hydrogens is 290 g/mol. The highest BCUT2D eigenvalue weighted by Crippen LogP contribution is 2.33. The summed E-state index contributed by atoms with van der Waals surface area (Å²) in [6.07, 6.45) is 5.48. The number of nitrogens with one attached hydrogen (secondary N) is 1. The van der Waals surface area contributed by atoms with Gasteiger partial charge in [-0.3, -0.25) is 0 Å². The minimum absolute atomic E-state index is 0.531. The van der Waals surface area contributed by atoms with Crippen molar-refractivity contribution in [3.8, 4) is 0 Å². The summed E-state index contributed by atoms with van der Waals surface area (Å²) < 4.78 is 0.994. The van der Waals surface area contributed by atoms with Gasteiger partial charge in [-0.2, -0.15) is 0 Å². The Bertz CT molecular complexity index is 433. The molecule has 1 heterocycles. The molecule has 3 N–H and O–H groups in total. The number of hydrogen-bond donors (Lipinski definition) is 2. The van der Waals surface area contributed by atoms with Crippen LogP contribution >= 0.6 is 15.9 Å². The maximum Gasteiger partial charge on any atom is 0.140 e. The molecule has 1 aromatic heterocycles. The lowest BCUT2D eigenvalue weighted by Gasteiger charge is -2.33. The van der Waals surface area contributed by atoms with E-state index in [1.54, 1.807) is 6.20 Å². The maximum atomic E-state index is 5.84. The molecule has 0 radical (unpaired) electrons. The van der Waals surface area contributed by atoms with Gasteiger partial charge in [-0.25, -0.2) is 4.98 Å². The Hall–Kier alpha value is -0.770. The van der Waals surface area contributed by atoms with Crippen LogP contribution in [0.1, 0.15) is 38.7 Å². The molecule has 0 aliphatic heterocycles. The molecule has 18 heavy (non-hydrogen) atoms. The Labute approximate surface area is 118 Å². The zero-order valence-electron chi connectivity index (χ0n) is 11.3. The van der Waals surface area contributed by atoms with Crippen molar-refractivity contribution >= 4 is 27.4 Å². The Morgan fingerprint density at radius 1 is 1.33 bits per heavy atom. The van der Waals surface area contributed by atoms with Gasteiger partial charge in [-0.1, -0.05) is 13.8 Å². The fraction of sp³-hybridized carbons (Fsp3) is 0.643. The van der Waals surface area contributed by atoms with E-state index in [0.717, 1.165) is 33.4 Å². The zero-order valence-corrected chi connectivity index (χ0v) is 12.9. The number of aromatic nitrogens is 1. The summed E-state index contributed by atoms with van der Waals surface area (Å²) in [7, 11) is 0. The van der Waals surface area contributed by atoms with E-state index in [2.05, 4.69) is 40.1 Å². The number of nitrogens with zero attached hydrogens (tertiary/aromatic N) is 1. The van der Waals surface area contributed by atoms with Crippen LogP contribution in [-0.4, -0.2) is 11.0 Å². The lowest BCUT2D eigenvalue weighted by molar-refractivity contribution is 0.260. The Morgan fingerprint density at radius 3 is 2.72 bits per heavy atom. The third kappa shape index (κ3) is 2.79. The minimum Gasteiger partial charge on any atom is -0.397 e. The van der Waals surface area contributed by atoms with E-state index in [1.807, 2.05) is 6.92 Å². The molecule has 100 valence electrons. The van der Waals surface area contributed by atoms with Gasteiger partial charge in [0.05, 0.1) is 16.4 Å². The first-order valence-electron chi connectivity index (χ1n) is 6.66. The molecule has 1 saturated carbocycles. The van der Waals surface area contributed by atoms with Crippen molar-refractivity contribution in [2.45, 2.75) is 46.1 Å². The van der Waals surface area contributed by atoms with E-state index < -0.39 is 0 Å². The highest BCUT2D eigenvalue weighted by atomic mass is 79.9. The predicted molar refractivity (Wildman–Crippen MR) is 80.7 cm³/mol. The van der Waals surface area contributed by atoms with Gasteiger partial charge in [0.15, 0.2) is 0 Å². The van der Waals surface area contributed by atoms with Gasteiger partial charge in [0, 0.05) is 6.04 Å². The third-order valence-electron chi connectivity index (χ3n) is 4.24. The molecule has 1 aliphatic rings. The Morgan fingerprint density at radius 2 is 2.06 bits per heavy atom. The van der Waals surface area contributed by atoms with Gasteiger partial charge in [0.25, 0.3) is 0 Å². The molecule has 3 nitrogen and oxygen atoms in total. The minimum atomic E-state index is 0.531. The first-order chi connectivity index (χ1) is 8.49. The molecular formula is C14H22BrN3. The van der Waals surface area contributed by atoms with Crippen LogP contribution in [0, 0.1) is 18.8 Å². The van der Waals surface area contributed by atoms with Crippen molar-refractivity contribution in [2.24, 2.45) is 11.8 Å². The number of hydrogen-bond acceptors (Lipinski definition) is 3. The summed E-state index contributed by atoms with van der Waals surface area (Å²) in [6, 6.07) is 0.531. The number of halogens is 1. The normalized spacial score (nSPS) is 28.1. The van der Waals surface area contributed by atoms with E-state index in [0.29, 0.717) is 6.04 Å². The molecule has 0 spiro atoms. The van der Waals surface area contributed by atoms with Gasteiger partial charge in [-0.05, 0) is 59.5 Å². The number of nitrogen functional groups attached to an aromatic ring is 1. The van der Waals surface area contributed by atoms with Crippen LogP contribution in [0.5, 0.6) is 0 Å².